The fourth-order valence-electron chi connectivity index (χ4n) is 2.48. The molecule has 0 N–H and O–H groups in total. The summed E-state index contributed by atoms with van der Waals surface area (Å²) in [6.45, 7) is 2.52. The quantitative estimate of drug-likeness (QED) is 0.790. The Morgan fingerprint density at radius 1 is 1.33 bits per heavy atom. The number of benzene rings is 1. The summed E-state index contributed by atoms with van der Waals surface area (Å²) in [5.74, 6) is 0.975. The van der Waals surface area contributed by atoms with E-state index in [2.05, 4.69) is 39.0 Å². The lowest BCUT2D eigenvalue weighted by Gasteiger charge is -2.32. The molecule has 1 aromatic rings. The average molecular weight is 266 g/mol. The van der Waals surface area contributed by atoms with E-state index in [1.54, 1.807) is 0 Å². The van der Waals surface area contributed by atoms with Crippen LogP contribution < -0.4 is 4.90 Å². The standard InChI is InChI=1S/C13H16BrN/c14-12-5-1-3-11-4-2-8-15(13(11)12)9-10-6-7-10/h1,3,5,10H,2,4,6-9H2. The van der Waals surface area contributed by atoms with Crippen molar-refractivity contribution in [1.29, 1.82) is 0 Å². The summed E-state index contributed by atoms with van der Waals surface area (Å²) in [6.07, 6.45) is 5.44. The van der Waals surface area contributed by atoms with Crippen LogP contribution in [-0.2, 0) is 6.42 Å². The number of anilines is 1. The highest BCUT2D eigenvalue weighted by molar-refractivity contribution is 9.10. The van der Waals surface area contributed by atoms with Crippen molar-refractivity contribution in [3.8, 4) is 0 Å². The average Bonchev–Trinajstić information content (AvgIpc) is 3.02. The zero-order valence-corrected chi connectivity index (χ0v) is 10.5. The molecule has 0 saturated heterocycles. The number of fused-ring (bicyclic) bond motifs is 1. The highest BCUT2D eigenvalue weighted by atomic mass is 79.9. The molecule has 0 atom stereocenters. The van der Waals surface area contributed by atoms with Gasteiger partial charge in [0, 0.05) is 17.6 Å². The molecule has 0 amide bonds. The van der Waals surface area contributed by atoms with Crippen LogP contribution in [-0.4, -0.2) is 13.1 Å². The monoisotopic (exact) mass is 265 g/mol. The van der Waals surface area contributed by atoms with E-state index in [0.29, 0.717) is 0 Å². The molecular weight excluding hydrogens is 250 g/mol. The molecule has 0 radical (unpaired) electrons. The number of aryl methyl sites for hydroxylation is 1. The van der Waals surface area contributed by atoms with E-state index in [4.69, 9.17) is 0 Å². The second-order valence-corrected chi connectivity index (χ2v) is 5.59. The Hall–Kier alpha value is -0.500. The number of hydrogen-bond acceptors (Lipinski definition) is 1. The molecule has 1 aromatic carbocycles. The van der Waals surface area contributed by atoms with Gasteiger partial charge in [-0.1, -0.05) is 12.1 Å². The molecule has 2 aliphatic rings. The predicted molar refractivity (Wildman–Crippen MR) is 67.4 cm³/mol. The SMILES string of the molecule is Brc1cccc2c1N(CC1CC1)CCC2. The molecule has 1 fully saturated rings. The molecule has 1 aliphatic carbocycles. The lowest BCUT2D eigenvalue weighted by atomic mass is 10.0. The van der Waals surface area contributed by atoms with Gasteiger partial charge in [0.2, 0.25) is 0 Å². The van der Waals surface area contributed by atoms with Crippen molar-refractivity contribution >= 4 is 21.6 Å². The van der Waals surface area contributed by atoms with Crippen LogP contribution in [0.25, 0.3) is 0 Å². The minimum absolute atomic E-state index is 0.975. The molecule has 0 aromatic heterocycles. The highest BCUT2D eigenvalue weighted by Crippen LogP contribution is 2.38. The van der Waals surface area contributed by atoms with E-state index < -0.39 is 0 Å². The molecule has 1 aliphatic heterocycles. The fourth-order valence-corrected chi connectivity index (χ4v) is 3.14. The molecule has 2 heteroatoms. The van der Waals surface area contributed by atoms with Gasteiger partial charge in [-0.2, -0.15) is 0 Å². The molecule has 1 nitrogen and oxygen atoms in total. The van der Waals surface area contributed by atoms with Gasteiger partial charge in [-0.05, 0) is 59.2 Å². The van der Waals surface area contributed by atoms with E-state index in [1.165, 1.54) is 54.5 Å². The molecule has 15 heavy (non-hydrogen) atoms. The molecule has 0 spiro atoms. The first-order valence-corrected chi connectivity index (χ1v) is 6.66. The van der Waals surface area contributed by atoms with Gasteiger partial charge in [0.05, 0.1) is 5.69 Å². The maximum Gasteiger partial charge on any atom is 0.0543 e. The Balaban J connectivity index is 1.93. The highest BCUT2D eigenvalue weighted by Gasteiger charge is 2.27. The third-order valence-electron chi connectivity index (χ3n) is 3.44. The first-order valence-electron chi connectivity index (χ1n) is 5.87. The van der Waals surface area contributed by atoms with Gasteiger partial charge >= 0.3 is 0 Å². The zero-order valence-electron chi connectivity index (χ0n) is 8.88. The maximum atomic E-state index is 3.69. The van der Waals surface area contributed by atoms with Gasteiger partial charge in [0.1, 0.15) is 0 Å². The number of nitrogens with zero attached hydrogens (tertiary/aromatic N) is 1. The second kappa shape index (κ2) is 3.82. The van der Waals surface area contributed by atoms with Gasteiger partial charge < -0.3 is 4.90 Å². The topological polar surface area (TPSA) is 3.24 Å². The summed E-state index contributed by atoms with van der Waals surface area (Å²) >= 11 is 3.69. The van der Waals surface area contributed by atoms with Crippen molar-refractivity contribution in [3.63, 3.8) is 0 Å². The van der Waals surface area contributed by atoms with Crippen LogP contribution in [0.3, 0.4) is 0 Å². The summed E-state index contributed by atoms with van der Waals surface area (Å²) in [6, 6.07) is 6.60. The minimum atomic E-state index is 0.975. The van der Waals surface area contributed by atoms with Crippen LogP contribution in [0.1, 0.15) is 24.8 Å². The van der Waals surface area contributed by atoms with E-state index in [9.17, 15) is 0 Å². The van der Waals surface area contributed by atoms with Crippen LogP contribution in [0.15, 0.2) is 22.7 Å². The van der Waals surface area contributed by atoms with Crippen LogP contribution in [0.2, 0.25) is 0 Å². The third kappa shape index (κ3) is 1.92. The lowest BCUT2D eigenvalue weighted by Crippen LogP contribution is -2.31. The summed E-state index contributed by atoms with van der Waals surface area (Å²) < 4.78 is 1.28. The van der Waals surface area contributed by atoms with Crippen molar-refractivity contribution < 1.29 is 0 Å². The molecule has 80 valence electrons. The first-order chi connectivity index (χ1) is 7.34. The first kappa shape index (κ1) is 9.71. The van der Waals surface area contributed by atoms with Crippen LogP contribution in [0.5, 0.6) is 0 Å². The van der Waals surface area contributed by atoms with Crippen molar-refractivity contribution in [3.05, 3.63) is 28.2 Å². The van der Waals surface area contributed by atoms with E-state index in [0.717, 1.165) is 5.92 Å². The van der Waals surface area contributed by atoms with Crippen LogP contribution in [0, 0.1) is 5.92 Å². The summed E-state index contributed by atoms with van der Waals surface area (Å²) in [4.78, 5) is 2.58. The van der Waals surface area contributed by atoms with Crippen molar-refractivity contribution in [2.45, 2.75) is 25.7 Å². The molecule has 1 heterocycles. The maximum absolute atomic E-state index is 3.69. The van der Waals surface area contributed by atoms with Gasteiger partial charge in [-0.3, -0.25) is 0 Å². The fraction of sp³-hybridized carbons (Fsp3) is 0.538. The number of hydrogen-bond donors (Lipinski definition) is 0. The van der Waals surface area contributed by atoms with Gasteiger partial charge in [-0.25, -0.2) is 0 Å². The molecule has 0 bridgehead atoms. The van der Waals surface area contributed by atoms with Crippen LogP contribution >= 0.6 is 15.9 Å². The Kier molecular flexibility index (Phi) is 2.47. The normalized spacial score (nSPS) is 20.2. The van der Waals surface area contributed by atoms with E-state index in [-0.39, 0.29) is 0 Å². The van der Waals surface area contributed by atoms with Gasteiger partial charge in [-0.15, -0.1) is 0 Å². The van der Waals surface area contributed by atoms with Crippen molar-refractivity contribution in [2.24, 2.45) is 5.92 Å². The molecule has 0 unspecified atom stereocenters. The zero-order chi connectivity index (χ0) is 10.3. The van der Waals surface area contributed by atoms with E-state index in [1.807, 2.05) is 0 Å². The Bertz CT molecular complexity index is 371. The lowest BCUT2D eigenvalue weighted by molar-refractivity contribution is 0.656. The number of halogens is 1. The number of para-hydroxylation sites is 1. The van der Waals surface area contributed by atoms with Crippen LogP contribution in [0.4, 0.5) is 5.69 Å². The Morgan fingerprint density at radius 3 is 3.00 bits per heavy atom. The smallest absolute Gasteiger partial charge is 0.0543 e. The van der Waals surface area contributed by atoms with Crippen molar-refractivity contribution in [1.82, 2.24) is 0 Å². The molecular formula is C13H16BrN. The predicted octanol–water partition coefficient (Wildman–Crippen LogP) is 3.61. The summed E-state index contributed by atoms with van der Waals surface area (Å²) in [5, 5.41) is 0. The third-order valence-corrected chi connectivity index (χ3v) is 4.08. The minimum Gasteiger partial charge on any atom is -0.370 e. The summed E-state index contributed by atoms with van der Waals surface area (Å²) in [7, 11) is 0. The second-order valence-electron chi connectivity index (χ2n) is 4.74. The van der Waals surface area contributed by atoms with Gasteiger partial charge in [0.25, 0.3) is 0 Å². The van der Waals surface area contributed by atoms with Crippen molar-refractivity contribution in [2.75, 3.05) is 18.0 Å². The summed E-state index contributed by atoms with van der Waals surface area (Å²) in [5.41, 5.74) is 2.99. The Labute approximate surface area is 99.6 Å². The van der Waals surface area contributed by atoms with E-state index >= 15 is 0 Å². The number of rotatable bonds is 2. The molecule has 3 rings (SSSR count). The largest absolute Gasteiger partial charge is 0.370 e. The Morgan fingerprint density at radius 2 is 2.20 bits per heavy atom. The van der Waals surface area contributed by atoms with Gasteiger partial charge in [0.15, 0.2) is 0 Å². The molecule has 1 saturated carbocycles.